The summed E-state index contributed by atoms with van der Waals surface area (Å²) >= 11 is 1.24. The van der Waals surface area contributed by atoms with E-state index < -0.39 is 0 Å². The number of hydrogen-bond donors (Lipinski definition) is 0. The molecule has 1 aliphatic rings. The first-order valence-electron chi connectivity index (χ1n) is 6.81. The fraction of sp³-hybridized carbons (Fsp3) is 0.769. The molecule has 106 valence electrons. The van der Waals surface area contributed by atoms with E-state index in [1.54, 1.807) is 0 Å². The lowest BCUT2D eigenvalue weighted by Gasteiger charge is -2.17. The van der Waals surface area contributed by atoms with Crippen LogP contribution in [0.25, 0.3) is 0 Å². The molecule has 0 aromatic carbocycles. The summed E-state index contributed by atoms with van der Waals surface area (Å²) in [5, 5.41) is 8.53. The molecule has 19 heavy (non-hydrogen) atoms. The minimum atomic E-state index is -0.252. The van der Waals surface area contributed by atoms with E-state index in [4.69, 9.17) is 9.15 Å². The van der Waals surface area contributed by atoms with Crippen molar-refractivity contribution in [3.8, 4) is 0 Å². The van der Waals surface area contributed by atoms with E-state index in [9.17, 15) is 4.79 Å². The number of rotatable bonds is 5. The average molecular weight is 284 g/mol. The smallest absolute Gasteiger partial charge is 0.316 e. The largest absolute Gasteiger partial charge is 0.462 e. The fourth-order valence-electron chi connectivity index (χ4n) is 2.21. The van der Waals surface area contributed by atoms with Crippen LogP contribution in [-0.4, -0.2) is 28.0 Å². The lowest BCUT2D eigenvalue weighted by molar-refractivity contribution is -0.144. The van der Waals surface area contributed by atoms with Crippen molar-refractivity contribution in [1.29, 1.82) is 0 Å². The van der Waals surface area contributed by atoms with Crippen molar-refractivity contribution in [2.24, 2.45) is 0 Å². The molecule has 6 heteroatoms. The van der Waals surface area contributed by atoms with E-state index in [0.717, 1.165) is 18.7 Å². The summed E-state index contributed by atoms with van der Waals surface area (Å²) in [7, 11) is 0. The average Bonchev–Trinajstić information content (AvgIpc) is 2.85. The van der Waals surface area contributed by atoms with E-state index in [-0.39, 0.29) is 17.8 Å². The van der Waals surface area contributed by atoms with Gasteiger partial charge in [0, 0.05) is 5.92 Å². The van der Waals surface area contributed by atoms with Crippen molar-refractivity contribution in [2.75, 3.05) is 5.75 Å². The highest BCUT2D eigenvalue weighted by Crippen LogP contribution is 2.32. The molecule has 0 amide bonds. The number of thioether (sulfide) groups is 1. The first-order valence-corrected chi connectivity index (χ1v) is 7.79. The zero-order chi connectivity index (χ0) is 13.7. The van der Waals surface area contributed by atoms with Gasteiger partial charge in [0.05, 0.1) is 6.10 Å². The maximum atomic E-state index is 11.4. The molecule has 1 aromatic heterocycles. The van der Waals surface area contributed by atoms with Gasteiger partial charge in [0.2, 0.25) is 5.89 Å². The van der Waals surface area contributed by atoms with Crippen LogP contribution in [-0.2, 0) is 9.53 Å². The Morgan fingerprint density at radius 2 is 2.11 bits per heavy atom. The molecule has 1 aliphatic carbocycles. The van der Waals surface area contributed by atoms with Crippen molar-refractivity contribution < 1.29 is 13.9 Å². The van der Waals surface area contributed by atoms with Gasteiger partial charge in [-0.25, -0.2) is 0 Å². The zero-order valence-electron chi connectivity index (χ0n) is 11.4. The lowest BCUT2D eigenvalue weighted by Crippen LogP contribution is -2.13. The summed E-state index contributed by atoms with van der Waals surface area (Å²) in [6.07, 6.45) is 5.93. The van der Waals surface area contributed by atoms with Crippen LogP contribution in [0.5, 0.6) is 0 Å². The van der Waals surface area contributed by atoms with Crippen molar-refractivity contribution in [2.45, 2.75) is 63.2 Å². The second-order valence-electron chi connectivity index (χ2n) is 5.07. The monoisotopic (exact) mass is 284 g/mol. The highest BCUT2D eigenvalue weighted by molar-refractivity contribution is 7.99. The van der Waals surface area contributed by atoms with Crippen LogP contribution >= 0.6 is 11.8 Å². The summed E-state index contributed by atoms with van der Waals surface area (Å²) < 4.78 is 10.7. The van der Waals surface area contributed by atoms with Crippen LogP contribution in [0.15, 0.2) is 9.64 Å². The molecule has 0 atom stereocenters. The Kier molecular flexibility index (Phi) is 5.24. The van der Waals surface area contributed by atoms with Gasteiger partial charge < -0.3 is 9.15 Å². The minimum Gasteiger partial charge on any atom is -0.462 e. The van der Waals surface area contributed by atoms with Crippen LogP contribution < -0.4 is 0 Å². The second-order valence-corrected chi connectivity index (χ2v) is 6.00. The number of ether oxygens (including phenoxy) is 1. The zero-order valence-corrected chi connectivity index (χ0v) is 12.2. The van der Waals surface area contributed by atoms with Crippen LogP contribution in [0.1, 0.15) is 57.8 Å². The van der Waals surface area contributed by atoms with Crippen LogP contribution in [0.4, 0.5) is 0 Å². The third kappa shape index (κ3) is 4.53. The maximum absolute atomic E-state index is 11.4. The van der Waals surface area contributed by atoms with Crippen molar-refractivity contribution in [1.82, 2.24) is 10.2 Å². The second kappa shape index (κ2) is 6.93. The molecule has 1 fully saturated rings. The standard InChI is InChI=1S/C13H20N2O3S/c1-9(2)17-11(16)8-19-13-15-14-12(18-13)10-6-4-3-5-7-10/h9-10H,3-8H2,1-2H3. The molecule has 0 unspecified atom stereocenters. The van der Waals surface area contributed by atoms with Crippen LogP contribution in [0.2, 0.25) is 0 Å². The number of carbonyl (C=O) groups is 1. The Morgan fingerprint density at radius 3 is 2.79 bits per heavy atom. The summed E-state index contributed by atoms with van der Waals surface area (Å²) in [5.41, 5.74) is 0. The van der Waals surface area contributed by atoms with Crippen molar-refractivity contribution in [3.05, 3.63) is 5.89 Å². The van der Waals surface area contributed by atoms with Crippen LogP contribution in [0, 0.1) is 0 Å². The molecule has 0 bridgehead atoms. The fourth-order valence-corrected chi connectivity index (χ4v) is 2.76. The quantitative estimate of drug-likeness (QED) is 0.611. The van der Waals surface area contributed by atoms with E-state index in [1.165, 1.54) is 31.0 Å². The summed E-state index contributed by atoms with van der Waals surface area (Å²) in [5.74, 6) is 1.08. The number of esters is 1. The van der Waals surface area contributed by atoms with E-state index in [0.29, 0.717) is 11.1 Å². The first kappa shape index (κ1) is 14.4. The molecule has 0 saturated heterocycles. The molecule has 1 aromatic rings. The van der Waals surface area contributed by atoms with E-state index in [1.807, 2.05) is 13.8 Å². The Labute approximate surface area is 117 Å². The molecule has 0 aliphatic heterocycles. The van der Waals surface area contributed by atoms with Gasteiger partial charge in [-0.3, -0.25) is 4.79 Å². The van der Waals surface area contributed by atoms with Gasteiger partial charge in [-0.05, 0) is 26.7 Å². The third-order valence-electron chi connectivity index (χ3n) is 3.06. The predicted octanol–water partition coefficient (Wildman–Crippen LogP) is 3.16. The molecule has 5 nitrogen and oxygen atoms in total. The number of nitrogens with zero attached hydrogens (tertiary/aromatic N) is 2. The molecule has 2 rings (SSSR count). The molecule has 0 spiro atoms. The number of aromatic nitrogens is 2. The topological polar surface area (TPSA) is 65.2 Å². The molecular weight excluding hydrogens is 264 g/mol. The normalized spacial score (nSPS) is 16.8. The van der Waals surface area contributed by atoms with Gasteiger partial charge in [0.25, 0.3) is 5.22 Å². The van der Waals surface area contributed by atoms with Crippen molar-refractivity contribution >= 4 is 17.7 Å². The Bertz CT molecular complexity index is 414. The summed E-state index contributed by atoms with van der Waals surface area (Å²) in [4.78, 5) is 11.4. The highest BCUT2D eigenvalue weighted by atomic mass is 32.2. The van der Waals surface area contributed by atoms with Gasteiger partial charge in [0.15, 0.2) is 0 Å². The molecule has 0 radical (unpaired) electrons. The Balaban J connectivity index is 1.81. The van der Waals surface area contributed by atoms with E-state index in [2.05, 4.69) is 10.2 Å². The molecule has 0 N–H and O–H groups in total. The summed E-state index contributed by atoms with van der Waals surface area (Å²) in [6, 6.07) is 0. The van der Waals surface area contributed by atoms with E-state index >= 15 is 0 Å². The Morgan fingerprint density at radius 1 is 1.37 bits per heavy atom. The molecule has 1 saturated carbocycles. The van der Waals surface area contributed by atoms with Gasteiger partial charge in [0.1, 0.15) is 5.75 Å². The summed E-state index contributed by atoms with van der Waals surface area (Å²) in [6.45, 7) is 3.66. The van der Waals surface area contributed by atoms with Crippen LogP contribution in [0.3, 0.4) is 0 Å². The van der Waals surface area contributed by atoms with Crippen molar-refractivity contribution in [3.63, 3.8) is 0 Å². The first-order chi connectivity index (χ1) is 9.15. The SMILES string of the molecule is CC(C)OC(=O)CSc1nnc(C2CCCCC2)o1. The van der Waals surface area contributed by atoms with Gasteiger partial charge in [-0.15, -0.1) is 10.2 Å². The van der Waals surface area contributed by atoms with Gasteiger partial charge in [-0.1, -0.05) is 31.0 Å². The minimum absolute atomic E-state index is 0.0893. The highest BCUT2D eigenvalue weighted by Gasteiger charge is 2.21. The Hall–Kier alpha value is -1.04. The third-order valence-corrected chi connectivity index (χ3v) is 3.85. The lowest BCUT2D eigenvalue weighted by atomic mass is 9.89. The molecule has 1 heterocycles. The number of carbonyl (C=O) groups excluding carboxylic acids is 1. The van der Waals surface area contributed by atoms with Gasteiger partial charge >= 0.3 is 5.97 Å². The maximum Gasteiger partial charge on any atom is 0.316 e. The van der Waals surface area contributed by atoms with Gasteiger partial charge in [-0.2, -0.15) is 0 Å². The predicted molar refractivity (Wildman–Crippen MR) is 72.1 cm³/mol. The number of hydrogen-bond acceptors (Lipinski definition) is 6. The molecular formula is C13H20N2O3S.